The standard InChI is InChI=1S/C18H22N4O2/c23-15(14-2-1-5-19-21-14)22-10-13(9-17(11-22)3-4-17)20-16(24)18-6-12(7-18)8-18/h1-2,5,12-13H,3-4,6-11H2,(H,20,24). The van der Waals surface area contributed by atoms with Crippen LogP contribution < -0.4 is 5.32 Å². The third kappa shape index (κ3) is 2.15. The van der Waals surface area contributed by atoms with Gasteiger partial charge in [0, 0.05) is 30.7 Å². The lowest BCUT2D eigenvalue weighted by Crippen LogP contribution is -2.63. The van der Waals surface area contributed by atoms with Crippen molar-refractivity contribution < 1.29 is 9.59 Å². The van der Waals surface area contributed by atoms with Crippen molar-refractivity contribution in [2.45, 2.75) is 44.6 Å². The fourth-order valence-electron chi connectivity index (χ4n) is 4.85. The predicted octanol–water partition coefficient (Wildman–Crippen LogP) is 1.39. The van der Waals surface area contributed by atoms with Crippen LogP contribution in [0, 0.1) is 16.7 Å². The van der Waals surface area contributed by atoms with Crippen LogP contribution in [-0.2, 0) is 4.79 Å². The van der Waals surface area contributed by atoms with Crippen molar-refractivity contribution in [2.24, 2.45) is 16.7 Å². The average Bonchev–Trinajstić information content (AvgIpc) is 3.22. The smallest absolute Gasteiger partial charge is 0.274 e. The molecule has 126 valence electrons. The van der Waals surface area contributed by atoms with Crippen LogP contribution in [0.5, 0.6) is 0 Å². The van der Waals surface area contributed by atoms with Crippen LogP contribution in [0.25, 0.3) is 0 Å². The maximum Gasteiger partial charge on any atom is 0.274 e. The van der Waals surface area contributed by atoms with Gasteiger partial charge in [-0.05, 0) is 62.0 Å². The van der Waals surface area contributed by atoms with Crippen molar-refractivity contribution in [3.8, 4) is 0 Å². The van der Waals surface area contributed by atoms with E-state index in [4.69, 9.17) is 0 Å². The molecule has 6 nitrogen and oxygen atoms in total. The van der Waals surface area contributed by atoms with Crippen LogP contribution >= 0.6 is 0 Å². The van der Waals surface area contributed by atoms with Crippen molar-refractivity contribution in [1.29, 1.82) is 0 Å². The number of aromatic nitrogens is 2. The molecule has 0 radical (unpaired) electrons. The van der Waals surface area contributed by atoms with Crippen molar-refractivity contribution in [2.75, 3.05) is 13.1 Å². The zero-order chi connectivity index (χ0) is 16.4. The molecule has 1 aromatic rings. The predicted molar refractivity (Wildman–Crippen MR) is 85.9 cm³/mol. The van der Waals surface area contributed by atoms with Gasteiger partial charge in [-0.3, -0.25) is 9.59 Å². The molecule has 5 fully saturated rings. The molecular formula is C18H22N4O2. The summed E-state index contributed by atoms with van der Waals surface area (Å²) in [5.74, 6) is 0.949. The molecule has 1 atom stereocenters. The molecule has 2 heterocycles. The number of carbonyl (C=O) groups excluding carboxylic acids is 2. The monoisotopic (exact) mass is 326 g/mol. The summed E-state index contributed by atoms with van der Waals surface area (Å²) in [6.07, 6.45) is 8.08. The second-order valence-corrected chi connectivity index (χ2v) is 8.43. The average molecular weight is 326 g/mol. The summed E-state index contributed by atoms with van der Waals surface area (Å²) in [6.45, 7) is 1.37. The molecule has 2 amide bonds. The SMILES string of the molecule is O=C(c1cccnn1)N1CC(NC(=O)C23CC(C2)C3)CC2(CC2)C1. The van der Waals surface area contributed by atoms with Gasteiger partial charge >= 0.3 is 0 Å². The molecule has 5 aliphatic rings. The Kier molecular flexibility index (Phi) is 2.86. The molecule has 1 aliphatic heterocycles. The minimum absolute atomic E-state index is 0.0570. The van der Waals surface area contributed by atoms with Crippen LogP contribution in [0.15, 0.2) is 18.3 Å². The van der Waals surface area contributed by atoms with E-state index >= 15 is 0 Å². The van der Waals surface area contributed by atoms with Gasteiger partial charge in [-0.1, -0.05) is 0 Å². The summed E-state index contributed by atoms with van der Waals surface area (Å²) < 4.78 is 0. The largest absolute Gasteiger partial charge is 0.351 e. The third-order valence-electron chi connectivity index (χ3n) is 6.54. The summed E-state index contributed by atoms with van der Waals surface area (Å²) in [6, 6.07) is 3.52. The Morgan fingerprint density at radius 1 is 1.21 bits per heavy atom. The number of hydrogen-bond donors (Lipinski definition) is 1. The fraction of sp³-hybridized carbons (Fsp3) is 0.667. The van der Waals surface area contributed by atoms with Crippen LogP contribution in [0.4, 0.5) is 0 Å². The Morgan fingerprint density at radius 3 is 2.58 bits per heavy atom. The van der Waals surface area contributed by atoms with Crippen LogP contribution in [0.1, 0.15) is 49.0 Å². The molecule has 1 aromatic heterocycles. The molecule has 6 rings (SSSR count). The number of piperidine rings is 1. The molecule has 1 spiro atoms. The molecule has 1 saturated heterocycles. The molecule has 1 unspecified atom stereocenters. The maximum absolute atomic E-state index is 12.7. The fourth-order valence-corrected chi connectivity index (χ4v) is 4.85. The Hall–Kier alpha value is -1.98. The zero-order valence-corrected chi connectivity index (χ0v) is 13.7. The molecule has 0 aromatic carbocycles. The second kappa shape index (κ2) is 4.77. The van der Waals surface area contributed by atoms with E-state index in [1.54, 1.807) is 18.3 Å². The zero-order valence-electron chi connectivity index (χ0n) is 13.7. The van der Waals surface area contributed by atoms with E-state index in [1.807, 2.05) is 4.90 Å². The van der Waals surface area contributed by atoms with Crippen molar-refractivity contribution in [3.05, 3.63) is 24.0 Å². The number of nitrogens with one attached hydrogen (secondary N) is 1. The highest BCUT2D eigenvalue weighted by Crippen LogP contribution is 2.64. The van der Waals surface area contributed by atoms with Crippen LogP contribution in [0.2, 0.25) is 0 Å². The molecular weight excluding hydrogens is 304 g/mol. The highest BCUT2D eigenvalue weighted by Gasteiger charge is 2.62. The Labute approximate surface area is 141 Å². The van der Waals surface area contributed by atoms with Crippen molar-refractivity contribution in [3.63, 3.8) is 0 Å². The van der Waals surface area contributed by atoms with E-state index in [9.17, 15) is 9.59 Å². The molecule has 4 saturated carbocycles. The molecule has 4 aliphatic carbocycles. The number of nitrogens with zero attached hydrogens (tertiary/aromatic N) is 3. The van der Waals surface area contributed by atoms with E-state index in [0.717, 1.165) is 51.0 Å². The quantitative estimate of drug-likeness (QED) is 0.911. The van der Waals surface area contributed by atoms with Gasteiger partial charge in [0.05, 0.1) is 0 Å². The number of carbonyl (C=O) groups is 2. The minimum atomic E-state index is -0.0705. The van der Waals surface area contributed by atoms with Gasteiger partial charge in [0.1, 0.15) is 0 Å². The normalized spacial score (nSPS) is 34.9. The summed E-state index contributed by atoms with van der Waals surface area (Å²) in [5.41, 5.74) is 0.547. The lowest BCUT2D eigenvalue weighted by atomic mass is 9.44. The first-order valence-corrected chi connectivity index (χ1v) is 8.96. The van der Waals surface area contributed by atoms with Gasteiger partial charge < -0.3 is 10.2 Å². The first kappa shape index (κ1) is 14.4. The second-order valence-electron chi connectivity index (χ2n) is 8.43. The highest BCUT2D eigenvalue weighted by molar-refractivity contribution is 5.92. The Bertz CT molecular complexity index is 683. The van der Waals surface area contributed by atoms with E-state index in [-0.39, 0.29) is 28.7 Å². The van der Waals surface area contributed by atoms with Gasteiger partial charge in [0.15, 0.2) is 5.69 Å². The maximum atomic E-state index is 12.7. The minimum Gasteiger partial charge on any atom is -0.351 e. The summed E-state index contributed by atoms with van der Waals surface area (Å²) in [4.78, 5) is 27.2. The summed E-state index contributed by atoms with van der Waals surface area (Å²) >= 11 is 0. The first-order chi connectivity index (χ1) is 11.6. The molecule has 24 heavy (non-hydrogen) atoms. The van der Waals surface area contributed by atoms with Gasteiger partial charge in [-0.2, -0.15) is 5.10 Å². The summed E-state index contributed by atoms with van der Waals surface area (Å²) in [5, 5.41) is 11.0. The Morgan fingerprint density at radius 2 is 2.00 bits per heavy atom. The third-order valence-corrected chi connectivity index (χ3v) is 6.54. The number of rotatable bonds is 3. The topological polar surface area (TPSA) is 75.2 Å². The number of likely N-dealkylation sites (tertiary alicyclic amines) is 1. The van der Waals surface area contributed by atoms with E-state index in [0.29, 0.717) is 12.2 Å². The van der Waals surface area contributed by atoms with Crippen molar-refractivity contribution in [1.82, 2.24) is 20.4 Å². The lowest BCUT2D eigenvalue weighted by molar-refractivity contribution is -0.166. The molecule has 2 bridgehead atoms. The first-order valence-electron chi connectivity index (χ1n) is 8.96. The Balaban J connectivity index is 1.30. The highest BCUT2D eigenvalue weighted by atomic mass is 16.2. The number of amides is 2. The summed E-state index contributed by atoms with van der Waals surface area (Å²) in [7, 11) is 0. The van der Waals surface area contributed by atoms with E-state index in [1.165, 1.54) is 0 Å². The molecule has 1 N–H and O–H groups in total. The number of hydrogen-bond acceptors (Lipinski definition) is 4. The van der Waals surface area contributed by atoms with Gasteiger partial charge in [-0.25, -0.2) is 0 Å². The molecule has 6 heteroatoms. The van der Waals surface area contributed by atoms with Crippen LogP contribution in [0.3, 0.4) is 0 Å². The van der Waals surface area contributed by atoms with Gasteiger partial charge in [-0.15, -0.1) is 5.10 Å². The lowest BCUT2D eigenvalue weighted by Gasteiger charge is -2.60. The van der Waals surface area contributed by atoms with Crippen LogP contribution in [-0.4, -0.2) is 46.0 Å². The van der Waals surface area contributed by atoms with E-state index in [2.05, 4.69) is 15.5 Å². The van der Waals surface area contributed by atoms with Gasteiger partial charge in [0.25, 0.3) is 5.91 Å². The van der Waals surface area contributed by atoms with Crippen molar-refractivity contribution >= 4 is 11.8 Å². The van der Waals surface area contributed by atoms with Gasteiger partial charge in [0.2, 0.25) is 5.91 Å². The van der Waals surface area contributed by atoms with E-state index < -0.39 is 0 Å².